The Balaban J connectivity index is 2.63. The Morgan fingerprint density at radius 3 is 2.81 bits per heavy atom. The van der Waals surface area contributed by atoms with Gasteiger partial charge in [-0.2, -0.15) is 0 Å². The fourth-order valence-electron chi connectivity index (χ4n) is 1.67. The number of hydrogen-bond donors (Lipinski definition) is 2. The molecule has 0 bridgehead atoms. The van der Waals surface area contributed by atoms with Crippen molar-refractivity contribution in [1.29, 1.82) is 0 Å². The molecule has 2 aromatic rings. The molecule has 0 amide bonds. The molecule has 0 spiro atoms. The van der Waals surface area contributed by atoms with Crippen molar-refractivity contribution in [3.05, 3.63) is 33.7 Å². The summed E-state index contributed by atoms with van der Waals surface area (Å²) in [5, 5.41) is 10.3. The van der Waals surface area contributed by atoms with Gasteiger partial charge in [-0.25, -0.2) is 4.79 Å². The topological polar surface area (TPSA) is 58.0 Å². The van der Waals surface area contributed by atoms with Crippen molar-refractivity contribution in [3.8, 4) is 0 Å². The van der Waals surface area contributed by atoms with Crippen LogP contribution in [0.15, 0.2) is 23.0 Å². The van der Waals surface area contributed by atoms with Crippen LogP contribution in [-0.4, -0.2) is 20.3 Å². The Morgan fingerprint density at radius 1 is 1.50 bits per heavy atom. The van der Waals surface area contributed by atoms with Crippen LogP contribution >= 0.6 is 11.6 Å². The molecule has 1 aromatic heterocycles. The summed E-state index contributed by atoms with van der Waals surface area (Å²) in [4.78, 5) is 14.4. The van der Waals surface area contributed by atoms with E-state index in [2.05, 4.69) is 4.98 Å². The van der Waals surface area contributed by atoms with E-state index in [1.54, 1.807) is 32.0 Å². The van der Waals surface area contributed by atoms with Crippen molar-refractivity contribution >= 4 is 22.6 Å². The molecular weight excluding hydrogens is 228 g/mol. The number of imidazole rings is 1. The van der Waals surface area contributed by atoms with E-state index in [1.165, 1.54) is 4.57 Å². The maximum atomic E-state index is 11.7. The second kappa shape index (κ2) is 3.64. The molecule has 2 rings (SSSR count). The summed E-state index contributed by atoms with van der Waals surface area (Å²) in [5.74, 6) is 0. The number of halogens is 1. The monoisotopic (exact) mass is 240 g/mol. The highest BCUT2D eigenvalue weighted by Crippen LogP contribution is 2.18. The van der Waals surface area contributed by atoms with Gasteiger partial charge in [-0.1, -0.05) is 11.6 Å². The molecule has 0 saturated carbocycles. The minimum absolute atomic E-state index is 0.228. The number of nitrogens with one attached hydrogen (secondary N) is 1. The average Bonchev–Trinajstić information content (AvgIpc) is 2.42. The first kappa shape index (κ1) is 11.2. The molecule has 0 atom stereocenters. The third-order valence-electron chi connectivity index (χ3n) is 2.28. The molecule has 86 valence electrons. The predicted octanol–water partition coefficient (Wildman–Crippen LogP) is 1.75. The van der Waals surface area contributed by atoms with E-state index in [9.17, 15) is 9.90 Å². The van der Waals surface area contributed by atoms with Crippen LogP contribution < -0.4 is 5.69 Å². The first-order chi connectivity index (χ1) is 7.37. The van der Waals surface area contributed by atoms with Gasteiger partial charge < -0.3 is 10.1 Å². The fraction of sp³-hybridized carbons (Fsp3) is 0.364. The number of aromatic amines is 1. The minimum atomic E-state index is -0.943. The number of aromatic nitrogens is 2. The molecule has 5 heteroatoms. The van der Waals surface area contributed by atoms with Crippen LogP contribution in [0.5, 0.6) is 0 Å². The summed E-state index contributed by atoms with van der Waals surface area (Å²) in [6.07, 6.45) is 0. The number of rotatable bonds is 2. The van der Waals surface area contributed by atoms with Gasteiger partial charge in [0.25, 0.3) is 0 Å². The van der Waals surface area contributed by atoms with Gasteiger partial charge in [-0.3, -0.25) is 4.57 Å². The highest BCUT2D eigenvalue weighted by atomic mass is 35.5. The molecule has 0 fully saturated rings. The summed E-state index contributed by atoms with van der Waals surface area (Å²) in [7, 11) is 0. The predicted molar refractivity (Wildman–Crippen MR) is 63.9 cm³/mol. The van der Waals surface area contributed by atoms with Crippen LogP contribution in [0.3, 0.4) is 0 Å². The van der Waals surface area contributed by atoms with E-state index in [0.717, 1.165) is 5.52 Å². The van der Waals surface area contributed by atoms with E-state index in [4.69, 9.17) is 11.6 Å². The van der Waals surface area contributed by atoms with Crippen LogP contribution in [0.4, 0.5) is 0 Å². The average molecular weight is 241 g/mol. The van der Waals surface area contributed by atoms with E-state index in [0.29, 0.717) is 10.5 Å². The molecule has 0 aliphatic rings. The zero-order valence-electron chi connectivity index (χ0n) is 9.12. The number of hydrogen-bond acceptors (Lipinski definition) is 2. The SMILES string of the molecule is CC(C)(O)Cn1c(=O)[nH]c2ccc(Cl)cc21. The van der Waals surface area contributed by atoms with Crippen molar-refractivity contribution in [1.82, 2.24) is 9.55 Å². The van der Waals surface area contributed by atoms with E-state index in [1.807, 2.05) is 0 Å². The number of H-pyrrole nitrogens is 1. The molecule has 4 nitrogen and oxygen atoms in total. The highest BCUT2D eigenvalue weighted by molar-refractivity contribution is 6.31. The smallest absolute Gasteiger partial charge is 0.326 e. The molecular formula is C11H13ClN2O2. The van der Waals surface area contributed by atoms with Gasteiger partial charge in [-0.15, -0.1) is 0 Å². The Morgan fingerprint density at radius 2 is 2.19 bits per heavy atom. The summed E-state index contributed by atoms with van der Waals surface area (Å²) in [6, 6.07) is 5.18. The summed E-state index contributed by atoms with van der Waals surface area (Å²) in [5.41, 5.74) is 0.249. The molecule has 2 N–H and O–H groups in total. The normalized spacial score (nSPS) is 12.2. The van der Waals surface area contributed by atoms with Crippen molar-refractivity contribution in [2.24, 2.45) is 0 Å². The Bertz CT molecular complexity index is 578. The number of benzene rings is 1. The molecule has 1 aromatic carbocycles. The minimum Gasteiger partial charge on any atom is -0.389 e. The second-order valence-electron chi connectivity index (χ2n) is 4.49. The fourth-order valence-corrected chi connectivity index (χ4v) is 1.84. The lowest BCUT2D eigenvalue weighted by Crippen LogP contribution is -2.31. The maximum Gasteiger partial charge on any atom is 0.326 e. The third-order valence-corrected chi connectivity index (χ3v) is 2.52. The molecule has 0 aliphatic carbocycles. The van der Waals surface area contributed by atoms with Crippen molar-refractivity contribution in [2.75, 3.05) is 0 Å². The van der Waals surface area contributed by atoms with Gasteiger partial charge >= 0.3 is 5.69 Å². The second-order valence-corrected chi connectivity index (χ2v) is 4.93. The molecule has 0 radical (unpaired) electrons. The molecule has 0 aliphatic heterocycles. The van der Waals surface area contributed by atoms with E-state index < -0.39 is 5.60 Å². The largest absolute Gasteiger partial charge is 0.389 e. The van der Waals surface area contributed by atoms with Crippen LogP contribution in [-0.2, 0) is 6.54 Å². The maximum absolute atomic E-state index is 11.7. The van der Waals surface area contributed by atoms with Crippen LogP contribution in [0, 0.1) is 0 Å². The Labute approximate surface area is 97.5 Å². The lowest BCUT2D eigenvalue weighted by molar-refractivity contribution is 0.0617. The molecule has 0 saturated heterocycles. The van der Waals surface area contributed by atoms with Crippen molar-refractivity contribution in [3.63, 3.8) is 0 Å². The zero-order chi connectivity index (χ0) is 11.9. The van der Waals surface area contributed by atoms with Gasteiger partial charge in [0.15, 0.2) is 0 Å². The summed E-state index contributed by atoms with van der Waals surface area (Å²) >= 11 is 5.88. The highest BCUT2D eigenvalue weighted by Gasteiger charge is 2.17. The number of nitrogens with zero attached hydrogens (tertiary/aromatic N) is 1. The first-order valence-electron chi connectivity index (χ1n) is 4.97. The third kappa shape index (κ3) is 2.13. The van der Waals surface area contributed by atoms with E-state index in [-0.39, 0.29) is 12.2 Å². The van der Waals surface area contributed by atoms with Crippen molar-refractivity contribution in [2.45, 2.75) is 26.0 Å². The zero-order valence-corrected chi connectivity index (χ0v) is 9.88. The van der Waals surface area contributed by atoms with Crippen LogP contribution in [0.1, 0.15) is 13.8 Å². The lowest BCUT2D eigenvalue weighted by atomic mass is 10.1. The first-order valence-corrected chi connectivity index (χ1v) is 5.35. The standard InChI is InChI=1S/C11H13ClN2O2/c1-11(2,16)6-14-9-5-7(12)3-4-8(9)13-10(14)15/h3-5,16H,6H2,1-2H3,(H,13,15). The van der Waals surface area contributed by atoms with Gasteiger partial charge in [-0.05, 0) is 32.0 Å². The van der Waals surface area contributed by atoms with Gasteiger partial charge in [0.1, 0.15) is 0 Å². The molecule has 0 unspecified atom stereocenters. The number of fused-ring (bicyclic) bond motifs is 1. The Kier molecular flexibility index (Phi) is 2.56. The molecule has 1 heterocycles. The Hall–Kier alpha value is -1.26. The lowest BCUT2D eigenvalue weighted by Gasteiger charge is -2.17. The molecule has 16 heavy (non-hydrogen) atoms. The van der Waals surface area contributed by atoms with Gasteiger partial charge in [0.05, 0.1) is 23.2 Å². The van der Waals surface area contributed by atoms with Crippen LogP contribution in [0.25, 0.3) is 11.0 Å². The summed E-state index contributed by atoms with van der Waals surface area (Å²) < 4.78 is 1.49. The van der Waals surface area contributed by atoms with Gasteiger partial charge in [0, 0.05) is 5.02 Å². The quantitative estimate of drug-likeness (QED) is 0.840. The van der Waals surface area contributed by atoms with E-state index >= 15 is 0 Å². The van der Waals surface area contributed by atoms with Crippen molar-refractivity contribution < 1.29 is 5.11 Å². The summed E-state index contributed by atoms with van der Waals surface area (Å²) in [6.45, 7) is 3.54. The van der Waals surface area contributed by atoms with Crippen LogP contribution in [0.2, 0.25) is 5.02 Å². The number of aliphatic hydroxyl groups is 1. The van der Waals surface area contributed by atoms with Gasteiger partial charge in [0.2, 0.25) is 0 Å².